The summed E-state index contributed by atoms with van der Waals surface area (Å²) in [5, 5.41) is 20.0. The number of esters is 1. The number of carbonyl (C=O) groups excluding carboxylic acids is 1. The number of benzene rings is 1. The summed E-state index contributed by atoms with van der Waals surface area (Å²) in [7, 11) is 0. The number of hydrogen-bond acceptors (Lipinski definition) is 6. The van der Waals surface area contributed by atoms with Gasteiger partial charge in [-0.05, 0) is 23.9 Å². The van der Waals surface area contributed by atoms with Crippen molar-refractivity contribution in [2.45, 2.75) is 19.3 Å². The molecule has 2 aromatic heterocycles. The van der Waals surface area contributed by atoms with Gasteiger partial charge < -0.3 is 4.74 Å². The van der Waals surface area contributed by atoms with Crippen LogP contribution in [0.4, 0.5) is 5.69 Å². The van der Waals surface area contributed by atoms with E-state index < -0.39 is 4.92 Å². The number of nitrogens with zero attached hydrogens (tertiary/aromatic N) is 2. The summed E-state index contributed by atoms with van der Waals surface area (Å²) in [4.78, 5) is 23.7. The van der Waals surface area contributed by atoms with E-state index in [1.165, 1.54) is 12.1 Å². The van der Waals surface area contributed by atoms with Crippen molar-refractivity contribution in [3.63, 3.8) is 0 Å². The van der Waals surface area contributed by atoms with Crippen molar-refractivity contribution in [2.75, 3.05) is 0 Å². The first-order chi connectivity index (χ1) is 12.0. The highest BCUT2D eigenvalue weighted by atomic mass is 32.1. The maximum Gasteiger partial charge on any atom is 0.313 e. The largest absolute Gasteiger partial charge is 0.405 e. The molecular formula is C17H13N3O4S. The van der Waals surface area contributed by atoms with Crippen LogP contribution in [-0.4, -0.2) is 21.1 Å². The summed E-state index contributed by atoms with van der Waals surface area (Å²) >= 11 is 1.58. The smallest absolute Gasteiger partial charge is 0.313 e. The number of H-pyrrole nitrogens is 1. The van der Waals surface area contributed by atoms with E-state index in [2.05, 4.69) is 10.2 Å². The second-order valence-corrected chi connectivity index (χ2v) is 6.77. The molecule has 3 aromatic rings. The van der Waals surface area contributed by atoms with Crippen LogP contribution >= 0.6 is 11.3 Å². The van der Waals surface area contributed by atoms with E-state index in [0.717, 1.165) is 16.0 Å². The van der Waals surface area contributed by atoms with Gasteiger partial charge in [-0.15, -0.1) is 16.4 Å². The van der Waals surface area contributed by atoms with Gasteiger partial charge in [-0.2, -0.15) is 0 Å². The minimum absolute atomic E-state index is 0.00231. The zero-order valence-corrected chi connectivity index (χ0v) is 14.0. The number of aryl methyl sites for hydroxylation is 1. The molecule has 1 aromatic carbocycles. The topological polar surface area (TPSA) is 98.1 Å². The van der Waals surface area contributed by atoms with Gasteiger partial charge in [-0.1, -0.05) is 12.1 Å². The summed E-state index contributed by atoms with van der Waals surface area (Å²) in [5.41, 5.74) is 3.15. The van der Waals surface area contributed by atoms with Gasteiger partial charge in [0, 0.05) is 28.5 Å². The Morgan fingerprint density at radius 2 is 2.24 bits per heavy atom. The van der Waals surface area contributed by atoms with Crippen molar-refractivity contribution in [1.82, 2.24) is 10.2 Å². The van der Waals surface area contributed by atoms with E-state index in [0.29, 0.717) is 11.3 Å². The summed E-state index contributed by atoms with van der Waals surface area (Å²) in [6.45, 7) is 2.00. The molecule has 0 amide bonds. The second-order valence-electron chi connectivity index (χ2n) is 5.82. The molecule has 1 N–H and O–H groups in total. The number of non-ortho nitro benzene ring substituents is 1. The SMILES string of the molecule is Cc1ccsc1[C@H]1CC(=O)Oc2n[nH]c(-c3cccc([N+](=O)[O-])c3)c21. The molecule has 3 heterocycles. The average Bonchev–Trinajstić information content (AvgIpc) is 3.20. The molecule has 0 spiro atoms. The van der Waals surface area contributed by atoms with Gasteiger partial charge in [0.15, 0.2) is 0 Å². The molecule has 8 heteroatoms. The van der Waals surface area contributed by atoms with Gasteiger partial charge in [0.1, 0.15) is 0 Å². The van der Waals surface area contributed by atoms with Crippen LogP contribution in [0.5, 0.6) is 5.88 Å². The number of carbonyl (C=O) groups is 1. The molecule has 126 valence electrons. The minimum Gasteiger partial charge on any atom is -0.405 e. The highest BCUT2D eigenvalue weighted by Crippen LogP contribution is 2.45. The van der Waals surface area contributed by atoms with Gasteiger partial charge in [0.25, 0.3) is 5.69 Å². The van der Waals surface area contributed by atoms with Crippen molar-refractivity contribution in [1.29, 1.82) is 0 Å². The lowest BCUT2D eigenvalue weighted by Gasteiger charge is -2.21. The number of thiophene rings is 1. The third-order valence-electron chi connectivity index (χ3n) is 4.26. The van der Waals surface area contributed by atoms with E-state index in [-0.39, 0.29) is 29.9 Å². The van der Waals surface area contributed by atoms with Crippen LogP contribution in [0.15, 0.2) is 35.7 Å². The molecule has 1 atom stereocenters. The quantitative estimate of drug-likeness (QED) is 0.438. The van der Waals surface area contributed by atoms with Crippen LogP contribution < -0.4 is 4.74 Å². The number of nitro benzene ring substituents is 1. The number of aromatic amines is 1. The average molecular weight is 355 g/mol. The lowest BCUT2D eigenvalue weighted by molar-refractivity contribution is -0.384. The number of aromatic nitrogens is 2. The molecule has 7 nitrogen and oxygen atoms in total. The predicted molar refractivity (Wildman–Crippen MR) is 91.8 cm³/mol. The molecule has 25 heavy (non-hydrogen) atoms. The molecule has 0 aliphatic carbocycles. The number of nitrogens with one attached hydrogen (secondary N) is 1. The number of ether oxygens (including phenoxy) is 1. The van der Waals surface area contributed by atoms with Crippen LogP contribution in [0.3, 0.4) is 0 Å². The highest BCUT2D eigenvalue weighted by molar-refractivity contribution is 7.10. The Morgan fingerprint density at radius 3 is 2.96 bits per heavy atom. The monoisotopic (exact) mass is 355 g/mol. The Labute approximate surface area is 146 Å². The van der Waals surface area contributed by atoms with Crippen molar-refractivity contribution in [3.8, 4) is 17.1 Å². The normalized spacial score (nSPS) is 16.4. The van der Waals surface area contributed by atoms with Crippen molar-refractivity contribution >= 4 is 23.0 Å². The number of hydrogen-bond donors (Lipinski definition) is 1. The Morgan fingerprint density at radius 1 is 1.40 bits per heavy atom. The molecule has 0 unspecified atom stereocenters. The number of nitro groups is 1. The third kappa shape index (κ3) is 2.60. The van der Waals surface area contributed by atoms with Gasteiger partial charge in [-0.3, -0.25) is 20.0 Å². The van der Waals surface area contributed by atoms with Crippen LogP contribution in [0, 0.1) is 17.0 Å². The number of rotatable bonds is 3. The maximum absolute atomic E-state index is 12.0. The fraction of sp³-hybridized carbons (Fsp3) is 0.176. The molecule has 0 bridgehead atoms. The zero-order valence-electron chi connectivity index (χ0n) is 13.2. The highest BCUT2D eigenvalue weighted by Gasteiger charge is 2.35. The van der Waals surface area contributed by atoms with Crippen LogP contribution in [0.25, 0.3) is 11.3 Å². The Hall–Kier alpha value is -3.00. The zero-order chi connectivity index (χ0) is 17.6. The van der Waals surface area contributed by atoms with Gasteiger partial charge in [0.05, 0.1) is 22.6 Å². The third-order valence-corrected chi connectivity index (χ3v) is 5.40. The van der Waals surface area contributed by atoms with Crippen LogP contribution in [-0.2, 0) is 4.79 Å². The van der Waals surface area contributed by atoms with Crippen molar-refractivity contribution in [3.05, 3.63) is 61.8 Å². The van der Waals surface area contributed by atoms with Gasteiger partial charge in [0.2, 0.25) is 5.88 Å². The molecule has 0 fully saturated rings. The lowest BCUT2D eigenvalue weighted by Crippen LogP contribution is -2.20. The van der Waals surface area contributed by atoms with Gasteiger partial charge in [-0.25, -0.2) is 0 Å². The number of fused-ring (bicyclic) bond motifs is 1. The standard InChI is InChI=1S/C17H13N3O4S/c1-9-5-6-25-16(9)12-8-13(21)24-17-14(12)15(18-19-17)10-3-2-4-11(7-10)20(22)23/h2-7,12H,8H2,1H3,(H,18,19)/t12-/m0/s1. The first kappa shape index (κ1) is 15.5. The molecule has 1 aliphatic rings. The lowest BCUT2D eigenvalue weighted by atomic mass is 9.89. The van der Waals surface area contributed by atoms with Crippen molar-refractivity contribution in [2.24, 2.45) is 0 Å². The summed E-state index contributed by atoms with van der Waals surface area (Å²) in [6, 6.07) is 8.33. The molecule has 1 aliphatic heterocycles. The minimum atomic E-state index is -0.437. The summed E-state index contributed by atoms with van der Waals surface area (Å²) < 4.78 is 5.27. The predicted octanol–water partition coefficient (Wildman–Crippen LogP) is 3.80. The second kappa shape index (κ2) is 5.82. The maximum atomic E-state index is 12.0. The molecule has 0 saturated carbocycles. The molecule has 0 saturated heterocycles. The van der Waals surface area contributed by atoms with E-state index in [1.54, 1.807) is 23.5 Å². The first-order valence-corrected chi connectivity index (χ1v) is 8.50. The van der Waals surface area contributed by atoms with Crippen LogP contribution in [0.2, 0.25) is 0 Å². The van der Waals surface area contributed by atoms with Gasteiger partial charge >= 0.3 is 5.97 Å². The fourth-order valence-electron chi connectivity index (χ4n) is 3.11. The molecule has 4 rings (SSSR count). The summed E-state index contributed by atoms with van der Waals surface area (Å²) in [5.74, 6) is -0.262. The molecule has 0 radical (unpaired) electrons. The van der Waals surface area contributed by atoms with E-state index >= 15 is 0 Å². The Bertz CT molecular complexity index is 991. The van der Waals surface area contributed by atoms with Crippen molar-refractivity contribution < 1.29 is 14.5 Å². The Kier molecular flexibility index (Phi) is 3.61. The van der Waals surface area contributed by atoms with E-state index in [9.17, 15) is 14.9 Å². The molecular weight excluding hydrogens is 342 g/mol. The van der Waals surface area contributed by atoms with E-state index in [1.807, 2.05) is 18.4 Å². The fourth-order valence-corrected chi connectivity index (χ4v) is 4.15. The van der Waals surface area contributed by atoms with E-state index in [4.69, 9.17) is 4.74 Å². The van der Waals surface area contributed by atoms with Crippen LogP contribution in [0.1, 0.15) is 28.3 Å². The first-order valence-electron chi connectivity index (χ1n) is 7.62. The summed E-state index contributed by atoms with van der Waals surface area (Å²) in [6.07, 6.45) is 0.218. The Balaban J connectivity index is 1.88.